The number of anilines is 1. The Labute approximate surface area is 196 Å². The lowest BCUT2D eigenvalue weighted by molar-refractivity contribution is -0.0179. The molecule has 0 unspecified atom stereocenters. The van der Waals surface area contributed by atoms with E-state index in [1.807, 2.05) is 31.1 Å². The van der Waals surface area contributed by atoms with Crippen molar-refractivity contribution in [2.45, 2.75) is 25.6 Å². The van der Waals surface area contributed by atoms with E-state index in [1.54, 1.807) is 35.0 Å². The first-order valence-electron chi connectivity index (χ1n) is 11.1. The number of ether oxygens (including phenoxy) is 1. The molecule has 0 N–H and O–H groups in total. The highest BCUT2D eigenvalue weighted by Gasteiger charge is 2.33. The molecule has 1 aromatic carbocycles. The summed E-state index contributed by atoms with van der Waals surface area (Å²) in [4.78, 5) is 26.0. The van der Waals surface area contributed by atoms with Gasteiger partial charge in [-0.25, -0.2) is 14.4 Å². The maximum Gasteiger partial charge on any atom is 0.272 e. The second kappa shape index (κ2) is 8.50. The molecule has 3 aromatic rings. The average molecular weight is 462 g/mol. The van der Waals surface area contributed by atoms with Crippen LogP contribution in [-0.4, -0.2) is 63.3 Å². The molecule has 0 saturated carbocycles. The minimum Gasteiger partial charge on any atom is -0.367 e. The minimum absolute atomic E-state index is 0.118. The van der Waals surface area contributed by atoms with Crippen LogP contribution in [0, 0.1) is 17.1 Å². The monoisotopic (exact) mass is 461 g/mol. The molecule has 0 bridgehead atoms. The zero-order valence-electron chi connectivity index (χ0n) is 19.2. The number of morpholine rings is 1. The Bertz CT molecular complexity index is 1320. The van der Waals surface area contributed by atoms with Crippen LogP contribution in [-0.2, 0) is 18.2 Å². The highest BCUT2D eigenvalue weighted by atomic mass is 19.1. The summed E-state index contributed by atoms with van der Waals surface area (Å²) in [6.45, 7) is 3.45. The number of hydrogen-bond acceptors (Lipinski definition) is 7. The molecule has 0 aliphatic carbocycles. The molecule has 0 spiro atoms. The predicted octanol–water partition coefficient (Wildman–Crippen LogP) is 2.48. The Morgan fingerprint density at radius 1 is 1.21 bits per heavy atom. The van der Waals surface area contributed by atoms with Crippen LogP contribution in [0.5, 0.6) is 0 Å². The van der Waals surface area contributed by atoms with Crippen LogP contribution in [0.15, 0.2) is 30.6 Å². The molecule has 4 heterocycles. The van der Waals surface area contributed by atoms with Gasteiger partial charge in [0.2, 0.25) is 5.95 Å². The number of nitrogens with zero attached hydrogens (tertiary/aromatic N) is 7. The Morgan fingerprint density at radius 3 is 2.71 bits per heavy atom. The summed E-state index contributed by atoms with van der Waals surface area (Å²) in [5.74, 6) is -0.420. The highest BCUT2D eigenvalue weighted by molar-refractivity contribution is 5.96. The number of benzene rings is 1. The van der Waals surface area contributed by atoms with E-state index in [1.165, 1.54) is 6.07 Å². The third-order valence-electron chi connectivity index (χ3n) is 6.23. The summed E-state index contributed by atoms with van der Waals surface area (Å²) in [6.07, 6.45) is 3.83. The average Bonchev–Trinajstić information content (AvgIpc) is 3.27. The van der Waals surface area contributed by atoms with Crippen LogP contribution < -0.4 is 4.90 Å². The molecule has 1 saturated heterocycles. The molecule has 1 amide bonds. The van der Waals surface area contributed by atoms with Gasteiger partial charge >= 0.3 is 0 Å². The zero-order chi connectivity index (χ0) is 24.0. The van der Waals surface area contributed by atoms with Gasteiger partial charge in [0.05, 0.1) is 36.2 Å². The molecule has 5 rings (SSSR count). The van der Waals surface area contributed by atoms with Gasteiger partial charge in [0.1, 0.15) is 17.6 Å². The van der Waals surface area contributed by atoms with Gasteiger partial charge < -0.3 is 14.5 Å². The standard InChI is InChI=1S/C24H24FN7O2/c1-14-11-32(13-20(34-14)16-10-27-31(3)12-16)24-28-21(17-5-4-15(9-26)8-19(17)25)18-6-7-30(2)23(33)22(18)29-24/h4-5,8,10,12,14,20H,6-7,11,13H2,1-3H3/t14-,20-/m1/s1. The number of rotatable bonds is 3. The van der Waals surface area contributed by atoms with Crippen molar-refractivity contribution in [3.8, 4) is 17.3 Å². The molecule has 34 heavy (non-hydrogen) atoms. The summed E-state index contributed by atoms with van der Waals surface area (Å²) < 4.78 is 22.9. The van der Waals surface area contributed by atoms with Crippen molar-refractivity contribution in [3.63, 3.8) is 0 Å². The first-order chi connectivity index (χ1) is 16.3. The molecular weight excluding hydrogens is 437 g/mol. The van der Waals surface area contributed by atoms with Crippen LogP contribution in [0.2, 0.25) is 0 Å². The number of fused-ring (bicyclic) bond motifs is 1. The number of carbonyl (C=O) groups excluding carboxylic acids is 1. The number of aryl methyl sites for hydroxylation is 1. The molecular formula is C24H24FN7O2. The van der Waals surface area contributed by atoms with Crippen LogP contribution in [0.25, 0.3) is 11.3 Å². The number of halogens is 1. The second-order valence-corrected chi connectivity index (χ2v) is 8.77. The van der Waals surface area contributed by atoms with Gasteiger partial charge in [0.15, 0.2) is 0 Å². The molecule has 174 valence electrons. The second-order valence-electron chi connectivity index (χ2n) is 8.77. The first-order valence-corrected chi connectivity index (χ1v) is 11.1. The topological polar surface area (TPSA) is 100 Å². The number of amides is 1. The van der Waals surface area contributed by atoms with Crippen molar-refractivity contribution in [1.29, 1.82) is 5.26 Å². The fourth-order valence-corrected chi connectivity index (χ4v) is 4.49. The van der Waals surface area contributed by atoms with Crippen LogP contribution in [0.3, 0.4) is 0 Å². The van der Waals surface area contributed by atoms with Crippen molar-refractivity contribution in [2.75, 3.05) is 31.6 Å². The lowest BCUT2D eigenvalue weighted by Gasteiger charge is -2.37. The number of aromatic nitrogens is 4. The number of nitriles is 1. The Morgan fingerprint density at radius 2 is 2.00 bits per heavy atom. The van der Waals surface area contributed by atoms with Crippen molar-refractivity contribution >= 4 is 11.9 Å². The van der Waals surface area contributed by atoms with Crippen LogP contribution >= 0.6 is 0 Å². The van der Waals surface area contributed by atoms with Gasteiger partial charge in [-0.1, -0.05) is 0 Å². The van der Waals surface area contributed by atoms with Crippen LogP contribution in [0.1, 0.15) is 40.2 Å². The predicted molar refractivity (Wildman–Crippen MR) is 122 cm³/mol. The maximum absolute atomic E-state index is 15.0. The molecule has 2 aliphatic rings. The summed E-state index contributed by atoms with van der Waals surface area (Å²) in [5.41, 5.74) is 2.71. The molecule has 1 fully saturated rings. The van der Waals surface area contributed by atoms with E-state index in [9.17, 15) is 4.79 Å². The van der Waals surface area contributed by atoms with Crippen molar-refractivity contribution in [1.82, 2.24) is 24.6 Å². The van der Waals surface area contributed by atoms with Gasteiger partial charge in [-0.15, -0.1) is 0 Å². The van der Waals surface area contributed by atoms with E-state index < -0.39 is 5.82 Å². The molecule has 2 aliphatic heterocycles. The summed E-state index contributed by atoms with van der Waals surface area (Å²) in [7, 11) is 3.57. The van der Waals surface area contributed by atoms with Gasteiger partial charge in [0.25, 0.3) is 5.91 Å². The molecule has 2 atom stereocenters. The van der Waals surface area contributed by atoms with Gasteiger partial charge in [-0.3, -0.25) is 9.48 Å². The molecule has 0 radical (unpaired) electrons. The SMILES string of the molecule is C[C@@H]1CN(c2nc3c(c(-c4ccc(C#N)cc4F)n2)CCN(C)C3=O)C[C@H](c2cnn(C)c2)O1. The van der Waals surface area contributed by atoms with Crippen molar-refractivity contribution < 1.29 is 13.9 Å². The van der Waals surface area contributed by atoms with E-state index in [0.717, 1.165) is 5.56 Å². The fourth-order valence-electron chi connectivity index (χ4n) is 4.49. The third kappa shape index (κ3) is 3.88. The van der Waals surface area contributed by atoms with Gasteiger partial charge in [0, 0.05) is 50.1 Å². The molecule has 9 nitrogen and oxygen atoms in total. The fraction of sp³-hybridized carbons (Fsp3) is 0.375. The largest absolute Gasteiger partial charge is 0.367 e. The van der Waals surface area contributed by atoms with E-state index in [2.05, 4.69) is 10.1 Å². The van der Waals surface area contributed by atoms with E-state index in [4.69, 9.17) is 15.0 Å². The Kier molecular flexibility index (Phi) is 5.49. The number of likely N-dealkylation sites (N-methyl/N-ethyl adjacent to an activating group) is 1. The normalized spacial score (nSPS) is 20.3. The zero-order valence-corrected chi connectivity index (χ0v) is 19.2. The number of hydrogen-bond donors (Lipinski definition) is 0. The Hall–Kier alpha value is -3.84. The third-order valence-corrected chi connectivity index (χ3v) is 6.23. The lowest BCUT2D eigenvalue weighted by atomic mass is 9.97. The maximum atomic E-state index is 15.0. The van der Waals surface area contributed by atoms with E-state index >= 15 is 4.39 Å². The molecule has 2 aromatic heterocycles. The van der Waals surface area contributed by atoms with Crippen molar-refractivity contribution in [2.24, 2.45) is 7.05 Å². The lowest BCUT2D eigenvalue weighted by Crippen LogP contribution is -2.44. The van der Waals surface area contributed by atoms with E-state index in [0.29, 0.717) is 43.3 Å². The van der Waals surface area contributed by atoms with Crippen molar-refractivity contribution in [3.05, 3.63) is 58.8 Å². The number of carbonyl (C=O) groups is 1. The minimum atomic E-state index is -0.555. The van der Waals surface area contributed by atoms with E-state index in [-0.39, 0.29) is 34.9 Å². The highest BCUT2D eigenvalue weighted by Crippen LogP contribution is 2.33. The summed E-state index contributed by atoms with van der Waals surface area (Å²) in [5, 5.41) is 13.4. The molecule has 10 heteroatoms. The smallest absolute Gasteiger partial charge is 0.272 e. The first kappa shape index (κ1) is 22.0. The summed E-state index contributed by atoms with van der Waals surface area (Å²) in [6, 6.07) is 6.24. The van der Waals surface area contributed by atoms with Crippen LogP contribution in [0.4, 0.5) is 10.3 Å². The summed E-state index contributed by atoms with van der Waals surface area (Å²) >= 11 is 0. The van der Waals surface area contributed by atoms with Gasteiger partial charge in [-0.05, 0) is 31.5 Å². The van der Waals surface area contributed by atoms with Gasteiger partial charge in [-0.2, -0.15) is 10.4 Å². The quantitative estimate of drug-likeness (QED) is 0.591. The Balaban J connectivity index is 1.61.